The van der Waals surface area contributed by atoms with Crippen molar-refractivity contribution in [3.05, 3.63) is 34.9 Å². The molecule has 7 nitrogen and oxygen atoms in total. The van der Waals surface area contributed by atoms with Gasteiger partial charge in [0.15, 0.2) is 11.2 Å². The summed E-state index contributed by atoms with van der Waals surface area (Å²) in [5, 5.41) is 11.5. The number of methoxy groups -OCH3 is 2. The lowest BCUT2D eigenvalue weighted by atomic mass is 10.0. The highest BCUT2D eigenvalue weighted by molar-refractivity contribution is 6.06. The Morgan fingerprint density at radius 3 is 2.52 bits per heavy atom. The molecule has 0 amide bonds. The molecule has 0 saturated carbocycles. The number of fused-ring (bicyclic) bond motifs is 2. The number of hydrogen-bond acceptors (Lipinski definition) is 7. The molecule has 0 aliphatic carbocycles. The van der Waals surface area contributed by atoms with Crippen molar-refractivity contribution in [3.8, 4) is 11.5 Å². The lowest BCUT2D eigenvalue weighted by Gasteiger charge is -2.28. The summed E-state index contributed by atoms with van der Waals surface area (Å²) in [6, 6.07) is 4.65. The molecule has 134 valence electrons. The summed E-state index contributed by atoms with van der Waals surface area (Å²) in [5.74, 6) is 0.757. The van der Waals surface area contributed by atoms with Gasteiger partial charge in [-0.2, -0.15) is 0 Å². The molecule has 3 aromatic rings. The van der Waals surface area contributed by atoms with E-state index in [-0.39, 0.29) is 17.9 Å². The zero-order valence-electron chi connectivity index (χ0n) is 14.5. The second kappa shape index (κ2) is 6.42. The van der Waals surface area contributed by atoms with Crippen molar-refractivity contribution in [1.82, 2.24) is 0 Å². The Kier molecular flexibility index (Phi) is 4.45. The van der Waals surface area contributed by atoms with Crippen molar-refractivity contribution in [3.63, 3.8) is 0 Å². The smallest absolute Gasteiger partial charge is 0.336 e. The summed E-state index contributed by atoms with van der Waals surface area (Å²) in [6.07, 6.45) is 0.585. The Hall–Kier alpha value is -2.51. The van der Waals surface area contributed by atoms with Gasteiger partial charge in [0.1, 0.15) is 18.5 Å². The van der Waals surface area contributed by atoms with Gasteiger partial charge in [0.25, 0.3) is 0 Å². The van der Waals surface area contributed by atoms with Crippen LogP contribution < -0.4 is 15.1 Å². The van der Waals surface area contributed by atoms with E-state index in [4.69, 9.17) is 23.0 Å². The number of aliphatic hydroxyl groups is 1. The number of furan rings is 1. The van der Waals surface area contributed by atoms with E-state index < -0.39 is 17.3 Å². The first-order chi connectivity index (χ1) is 11.9. The normalized spacial score (nSPS) is 13.3. The molecule has 25 heavy (non-hydrogen) atoms. The third-order valence-electron chi connectivity index (χ3n) is 4.32. The molecule has 3 rings (SSSR count). The van der Waals surface area contributed by atoms with Gasteiger partial charge in [-0.05, 0) is 26.0 Å². The highest BCUT2D eigenvalue weighted by Crippen LogP contribution is 2.42. The predicted octanol–water partition coefficient (Wildman–Crippen LogP) is 2.71. The maximum atomic E-state index is 11.7. The Balaban J connectivity index is 2.14. The molecule has 2 aromatic heterocycles. The zero-order chi connectivity index (χ0) is 18.2. The van der Waals surface area contributed by atoms with Gasteiger partial charge in [-0.15, -0.1) is 0 Å². The first-order valence-electron chi connectivity index (χ1n) is 7.76. The van der Waals surface area contributed by atoms with E-state index in [0.29, 0.717) is 22.1 Å². The van der Waals surface area contributed by atoms with Crippen LogP contribution in [0, 0.1) is 0 Å². The largest absolute Gasteiger partial charge is 0.495 e. The average Bonchev–Trinajstić information content (AvgIpc) is 3.07. The molecule has 0 saturated heterocycles. The fourth-order valence-corrected chi connectivity index (χ4v) is 2.53. The van der Waals surface area contributed by atoms with E-state index in [0.717, 1.165) is 0 Å². The first-order valence-corrected chi connectivity index (χ1v) is 7.76. The number of benzene rings is 1. The molecule has 0 spiro atoms. The fourth-order valence-electron chi connectivity index (χ4n) is 2.53. The van der Waals surface area contributed by atoms with Crippen LogP contribution in [0.15, 0.2) is 38.1 Å². The maximum absolute atomic E-state index is 11.7. The van der Waals surface area contributed by atoms with Crippen LogP contribution in [-0.4, -0.2) is 37.6 Å². The minimum atomic E-state index is -0.907. The highest BCUT2D eigenvalue weighted by Gasteiger charge is 2.29. The number of ether oxygens (including phenoxy) is 3. The van der Waals surface area contributed by atoms with Crippen molar-refractivity contribution in [2.45, 2.75) is 25.6 Å². The standard InChI is InChI=1S/C18H20O7/c1-18(2,22-4)12(19)9-24-17-15-11(7-8-23-15)14(21-3)10-5-6-13(20)25-16(10)17/h5-8,12,19H,9H2,1-4H3/t12-/m1/s1. The lowest BCUT2D eigenvalue weighted by molar-refractivity contribution is -0.0913. The Labute approximate surface area is 143 Å². The van der Waals surface area contributed by atoms with Gasteiger partial charge < -0.3 is 28.2 Å². The molecule has 0 unspecified atom stereocenters. The van der Waals surface area contributed by atoms with Gasteiger partial charge in [-0.25, -0.2) is 4.79 Å². The van der Waals surface area contributed by atoms with Gasteiger partial charge in [0, 0.05) is 13.2 Å². The molecule has 1 N–H and O–H groups in total. The van der Waals surface area contributed by atoms with Crippen molar-refractivity contribution >= 4 is 21.9 Å². The second-order valence-corrected chi connectivity index (χ2v) is 6.16. The van der Waals surface area contributed by atoms with Crippen LogP contribution in [0.1, 0.15) is 13.8 Å². The van der Waals surface area contributed by atoms with Crippen molar-refractivity contribution in [2.75, 3.05) is 20.8 Å². The number of rotatable bonds is 6. The molecule has 0 aliphatic rings. The quantitative estimate of drug-likeness (QED) is 0.685. The Morgan fingerprint density at radius 1 is 1.12 bits per heavy atom. The number of hydrogen-bond donors (Lipinski definition) is 1. The van der Waals surface area contributed by atoms with Gasteiger partial charge in [0.2, 0.25) is 5.75 Å². The SMILES string of the molecule is COc1c2ccoc2c(OC[C@@H](O)C(C)(C)OC)c2oc(=O)ccc12. The summed E-state index contributed by atoms with van der Waals surface area (Å²) < 4.78 is 27.3. The number of aliphatic hydroxyl groups excluding tert-OH is 1. The van der Waals surface area contributed by atoms with E-state index >= 15 is 0 Å². The monoisotopic (exact) mass is 348 g/mol. The molecule has 0 radical (unpaired) electrons. The highest BCUT2D eigenvalue weighted by atomic mass is 16.5. The van der Waals surface area contributed by atoms with Crippen LogP contribution in [0.4, 0.5) is 0 Å². The predicted molar refractivity (Wildman–Crippen MR) is 91.4 cm³/mol. The molecule has 1 atom stereocenters. The van der Waals surface area contributed by atoms with Gasteiger partial charge in [0.05, 0.1) is 29.7 Å². The third-order valence-corrected chi connectivity index (χ3v) is 4.32. The molecule has 0 bridgehead atoms. The maximum Gasteiger partial charge on any atom is 0.336 e. The minimum Gasteiger partial charge on any atom is -0.495 e. The van der Waals surface area contributed by atoms with Gasteiger partial charge >= 0.3 is 5.63 Å². The van der Waals surface area contributed by atoms with Crippen LogP contribution >= 0.6 is 0 Å². The van der Waals surface area contributed by atoms with Crippen molar-refractivity contribution in [1.29, 1.82) is 0 Å². The molecule has 7 heteroatoms. The molecule has 0 fully saturated rings. The minimum absolute atomic E-state index is 0.0727. The summed E-state index contributed by atoms with van der Waals surface area (Å²) in [7, 11) is 3.04. The van der Waals surface area contributed by atoms with Gasteiger partial charge in [-0.3, -0.25) is 0 Å². The van der Waals surface area contributed by atoms with Crippen LogP contribution in [0.3, 0.4) is 0 Å². The first kappa shape index (κ1) is 17.3. The fraction of sp³-hybridized carbons (Fsp3) is 0.389. The van der Waals surface area contributed by atoms with Crippen LogP contribution in [0.25, 0.3) is 21.9 Å². The van der Waals surface area contributed by atoms with Crippen molar-refractivity contribution < 1.29 is 28.2 Å². The van der Waals surface area contributed by atoms with Crippen LogP contribution in [-0.2, 0) is 4.74 Å². The Morgan fingerprint density at radius 2 is 1.84 bits per heavy atom. The summed E-state index contributed by atoms with van der Waals surface area (Å²) >= 11 is 0. The molecular formula is C18H20O7. The average molecular weight is 348 g/mol. The Bertz CT molecular complexity index is 951. The van der Waals surface area contributed by atoms with Crippen molar-refractivity contribution in [2.24, 2.45) is 0 Å². The van der Waals surface area contributed by atoms with E-state index in [9.17, 15) is 9.90 Å². The van der Waals surface area contributed by atoms with E-state index in [1.807, 2.05) is 0 Å². The summed E-state index contributed by atoms with van der Waals surface area (Å²) in [5.41, 5.74) is -0.746. The third kappa shape index (κ3) is 2.96. The van der Waals surface area contributed by atoms with E-state index in [1.165, 1.54) is 26.5 Å². The van der Waals surface area contributed by atoms with Crippen LogP contribution in [0.5, 0.6) is 11.5 Å². The van der Waals surface area contributed by atoms with E-state index in [1.54, 1.807) is 26.0 Å². The molecule has 1 aromatic carbocycles. The topological polar surface area (TPSA) is 91.3 Å². The van der Waals surface area contributed by atoms with Gasteiger partial charge in [-0.1, -0.05) is 0 Å². The zero-order valence-corrected chi connectivity index (χ0v) is 14.5. The molecule has 0 aliphatic heterocycles. The lowest BCUT2D eigenvalue weighted by Crippen LogP contribution is -2.42. The van der Waals surface area contributed by atoms with E-state index in [2.05, 4.69) is 0 Å². The molecule has 2 heterocycles. The van der Waals surface area contributed by atoms with Crippen LogP contribution in [0.2, 0.25) is 0 Å². The summed E-state index contributed by atoms with van der Waals surface area (Å²) in [6.45, 7) is 3.42. The summed E-state index contributed by atoms with van der Waals surface area (Å²) in [4.78, 5) is 11.7. The molecular weight excluding hydrogens is 328 g/mol. The second-order valence-electron chi connectivity index (χ2n) is 6.16.